The molecule has 11 aromatic rings. The lowest BCUT2D eigenvalue weighted by atomic mass is 9.97. The monoisotopic (exact) mass is 735 g/mol. The van der Waals surface area contributed by atoms with Crippen LogP contribution >= 0.6 is 22.7 Å². The quantitative estimate of drug-likeness (QED) is 0.164. The van der Waals surface area contributed by atoms with Gasteiger partial charge in [0.15, 0.2) is 0 Å². The second-order valence-corrected chi connectivity index (χ2v) is 16.2. The van der Waals surface area contributed by atoms with Gasteiger partial charge in [-0.2, -0.15) is 0 Å². The normalized spacial score (nSPS) is 11.6. The number of hydrogen-bond acceptors (Lipinski definition) is 3. The number of fused-ring (bicyclic) bond motifs is 8. The van der Waals surface area contributed by atoms with Gasteiger partial charge in [-0.15, -0.1) is 22.7 Å². The van der Waals surface area contributed by atoms with Gasteiger partial charge < -0.3 is 4.90 Å². The van der Waals surface area contributed by atoms with Gasteiger partial charge >= 0.3 is 0 Å². The second-order valence-electron chi connectivity index (χ2n) is 14.1. The lowest BCUT2D eigenvalue weighted by Crippen LogP contribution is -2.10. The topological polar surface area (TPSA) is 3.24 Å². The summed E-state index contributed by atoms with van der Waals surface area (Å²) >= 11 is 3.81. The summed E-state index contributed by atoms with van der Waals surface area (Å²) < 4.78 is 5.37. The first kappa shape index (κ1) is 32.0. The Morgan fingerprint density at radius 3 is 1.75 bits per heavy atom. The molecule has 0 aliphatic heterocycles. The van der Waals surface area contributed by atoms with Gasteiger partial charge in [-0.05, 0) is 98.8 Å². The zero-order valence-corrected chi connectivity index (χ0v) is 31.4. The molecular weight excluding hydrogens is 703 g/mol. The third-order valence-corrected chi connectivity index (χ3v) is 13.2. The van der Waals surface area contributed by atoms with Crippen molar-refractivity contribution in [1.82, 2.24) is 0 Å². The number of rotatable bonds is 6. The van der Waals surface area contributed by atoms with Crippen molar-refractivity contribution in [2.24, 2.45) is 0 Å². The van der Waals surface area contributed by atoms with Crippen molar-refractivity contribution in [2.75, 3.05) is 4.90 Å². The van der Waals surface area contributed by atoms with Gasteiger partial charge in [0.2, 0.25) is 0 Å². The van der Waals surface area contributed by atoms with E-state index in [9.17, 15) is 0 Å². The minimum absolute atomic E-state index is 1.11. The van der Waals surface area contributed by atoms with Gasteiger partial charge in [0.25, 0.3) is 0 Å². The molecule has 0 atom stereocenters. The summed E-state index contributed by atoms with van der Waals surface area (Å²) in [5.74, 6) is 0. The molecule has 9 aromatic carbocycles. The Kier molecular flexibility index (Phi) is 7.61. The highest BCUT2D eigenvalue weighted by Gasteiger charge is 2.19. The predicted octanol–water partition coefficient (Wildman–Crippen LogP) is 16.0. The maximum absolute atomic E-state index is 2.39. The highest BCUT2D eigenvalue weighted by molar-refractivity contribution is 7.29. The van der Waals surface area contributed by atoms with Crippen molar-refractivity contribution < 1.29 is 0 Å². The molecule has 0 radical (unpaired) electrons. The van der Waals surface area contributed by atoms with Gasteiger partial charge in [0.05, 0.1) is 0 Å². The molecule has 55 heavy (non-hydrogen) atoms. The van der Waals surface area contributed by atoms with E-state index >= 15 is 0 Å². The number of nitrogens with zero attached hydrogens (tertiary/aromatic N) is 1. The molecule has 2 heterocycles. The molecule has 0 amide bonds. The average Bonchev–Trinajstić information content (AvgIpc) is 3.83. The first-order valence-corrected chi connectivity index (χ1v) is 20.3. The molecule has 11 rings (SSSR count). The van der Waals surface area contributed by atoms with Crippen LogP contribution in [0.1, 0.15) is 0 Å². The zero-order chi connectivity index (χ0) is 36.3. The largest absolute Gasteiger partial charge is 0.310 e. The minimum Gasteiger partial charge on any atom is -0.310 e. The Morgan fingerprint density at radius 1 is 0.309 bits per heavy atom. The Labute approximate surface area is 327 Å². The number of anilines is 3. The molecule has 0 N–H and O–H groups in total. The summed E-state index contributed by atoms with van der Waals surface area (Å²) in [6.07, 6.45) is 0. The minimum atomic E-state index is 1.11. The lowest BCUT2D eigenvalue weighted by Gasteiger charge is -2.26. The van der Waals surface area contributed by atoms with E-state index in [4.69, 9.17) is 0 Å². The molecule has 1 nitrogen and oxygen atoms in total. The standard InChI is InChI=1S/C52H33NS2/c1-2-11-34(12-3-1)35-23-27-39(28-24-35)53(40-29-25-37(26-30-40)43-19-9-14-36-13-4-5-17-42(36)43)41-16-8-15-38(33-41)44-20-10-22-48-50(44)51-49(54-48)32-31-46-45-18-6-7-21-47(45)55-52(46)51/h1-33H. The molecular formula is C52H33NS2. The van der Waals surface area contributed by atoms with Crippen LogP contribution in [0.15, 0.2) is 200 Å². The van der Waals surface area contributed by atoms with E-state index in [0.29, 0.717) is 0 Å². The van der Waals surface area contributed by atoms with Gasteiger partial charge in [0, 0.05) is 57.4 Å². The molecule has 0 bridgehead atoms. The Hall–Kier alpha value is -6.52. The van der Waals surface area contributed by atoms with Crippen molar-refractivity contribution in [2.45, 2.75) is 0 Å². The summed E-state index contributed by atoms with van der Waals surface area (Å²) in [4.78, 5) is 2.39. The first-order chi connectivity index (χ1) is 27.3. The highest BCUT2D eigenvalue weighted by atomic mass is 32.1. The van der Waals surface area contributed by atoms with E-state index in [1.165, 1.54) is 84.5 Å². The molecule has 0 aliphatic carbocycles. The second kappa shape index (κ2) is 13.1. The van der Waals surface area contributed by atoms with Crippen LogP contribution in [-0.4, -0.2) is 0 Å². The van der Waals surface area contributed by atoms with Crippen LogP contribution in [0.3, 0.4) is 0 Å². The van der Waals surface area contributed by atoms with Gasteiger partial charge in [-0.25, -0.2) is 0 Å². The van der Waals surface area contributed by atoms with E-state index in [0.717, 1.165) is 17.1 Å². The molecule has 258 valence electrons. The van der Waals surface area contributed by atoms with Crippen molar-refractivity contribution >= 4 is 90.9 Å². The van der Waals surface area contributed by atoms with Gasteiger partial charge in [-0.3, -0.25) is 0 Å². The fourth-order valence-corrected chi connectivity index (χ4v) is 10.7. The molecule has 0 spiro atoms. The van der Waals surface area contributed by atoms with Gasteiger partial charge in [0.1, 0.15) is 0 Å². The van der Waals surface area contributed by atoms with E-state index in [1.54, 1.807) is 0 Å². The summed E-state index contributed by atoms with van der Waals surface area (Å²) in [7, 11) is 0. The van der Waals surface area contributed by atoms with Crippen LogP contribution in [0.25, 0.3) is 84.5 Å². The van der Waals surface area contributed by atoms with E-state index in [1.807, 2.05) is 22.7 Å². The molecule has 2 aromatic heterocycles. The van der Waals surface area contributed by atoms with Crippen molar-refractivity contribution in [1.29, 1.82) is 0 Å². The number of hydrogen-bond donors (Lipinski definition) is 0. The predicted molar refractivity (Wildman–Crippen MR) is 241 cm³/mol. The maximum atomic E-state index is 2.39. The molecule has 3 heteroatoms. The van der Waals surface area contributed by atoms with Crippen LogP contribution in [0.2, 0.25) is 0 Å². The Bertz CT molecular complexity index is 3180. The van der Waals surface area contributed by atoms with Crippen LogP contribution < -0.4 is 4.90 Å². The third kappa shape index (κ3) is 5.43. The smallest absolute Gasteiger partial charge is 0.0467 e. The molecule has 0 saturated carbocycles. The van der Waals surface area contributed by atoms with Crippen molar-refractivity contribution in [3.8, 4) is 33.4 Å². The maximum Gasteiger partial charge on any atom is 0.0467 e. The highest BCUT2D eigenvalue weighted by Crippen LogP contribution is 2.48. The van der Waals surface area contributed by atoms with Crippen LogP contribution in [0, 0.1) is 0 Å². The molecule has 0 aliphatic rings. The van der Waals surface area contributed by atoms with E-state index in [-0.39, 0.29) is 0 Å². The number of thiophene rings is 2. The summed E-state index contributed by atoms with van der Waals surface area (Å²) in [6.45, 7) is 0. The third-order valence-electron chi connectivity index (χ3n) is 10.9. The van der Waals surface area contributed by atoms with Crippen LogP contribution in [0.4, 0.5) is 17.1 Å². The molecule has 0 saturated heterocycles. The Balaban J connectivity index is 1.07. The fraction of sp³-hybridized carbons (Fsp3) is 0. The average molecular weight is 736 g/mol. The van der Waals surface area contributed by atoms with E-state index in [2.05, 4.69) is 205 Å². The van der Waals surface area contributed by atoms with Crippen molar-refractivity contribution in [3.63, 3.8) is 0 Å². The molecule has 0 unspecified atom stereocenters. The van der Waals surface area contributed by atoms with E-state index < -0.39 is 0 Å². The van der Waals surface area contributed by atoms with Crippen LogP contribution in [-0.2, 0) is 0 Å². The fourth-order valence-electron chi connectivity index (χ4n) is 8.29. The van der Waals surface area contributed by atoms with Crippen molar-refractivity contribution in [3.05, 3.63) is 200 Å². The number of benzene rings is 9. The SMILES string of the molecule is c1ccc(-c2ccc(N(c3ccc(-c4cccc5ccccc45)cc3)c3cccc(-c4cccc5sc6ccc7c8ccccc8sc7c6c45)c3)cc2)cc1. The molecule has 0 fully saturated rings. The van der Waals surface area contributed by atoms with Gasteiger partial charge in [-0.1, -0.05) is 146 Å². The summed E-state index contributed by atoms with van der Waals surface area (Å²) in [5.41, 5.74) is 10.7. The summed E-state index contributed by atoms with van der Waals surface area (Å²) in [5, 5.41) is 7.91. The van der Waals surface area contributed by atoms with Crippen LogP contribution in [0.5, 0.6) is 0 Å². The lowest BCUT2D eigenvalue weighted by molar-refractivity contribution is 1.28. The summed E-state index contributed by atoms with van der Waals surface area (Å²) in [6, 6.07) is 73.2. The zero-order valence-electron chi connectivity index (χ0n) is 29.8. The first-order valence-electron chi connectivity index (χ1n) is 18.7. The Morgan fingerprint density at radius 2 is 0.909 bits per heavy atom.